The van der Waals surface area contributed by atoms with Gasteiger partial charge in [0.25, 0.3) is 5.91 Å². The highest BCUT2D eigenvalue weighted by atomic mass is 35.5. The highest BCUT2D eigenvalue weighted by Crippen LogP contribution is 2.23. The summed E-state index contributed by atoms with van der Waals surface area (Å²) in [4.78, 5) is 16.9. The minimum atomic E-state index is -0.0901. The van der Waals surface area contributed by atoms with E-state index in [0.717, 1.165) is 34.9 Å². The standard InChI is InChI=1S/C26H23ClN2O3/c27-21-6-3-7-22(17-21)28-12-14-29(15-13-28)26(30)25-11-10-24(32-25)18-31-23-9-8-19-4-1-2-5-20(19)16-23/h1-11,16-17H,12-15,18H2. The van der Waals surface area contributed by atoms with Gasteiger partial charge in [-0.3, -0.25) is 4.79 Å². The summed E-state index contributed by atoms with van der Waals surface area (Å²) in [5, 5.41) is 3.01. The number of carbonyl (C=O) groups excluding carboxylic acids is 1. The van der Waals surface area contributed by atoms with Gasteiger partial charge in [0.15, 0.2) is 5.76 Å². The van der Waals surface area contributed by atoms with Crippen molar-refractivity contribution in [2.45, 2.75) is 6.61 Å². The molecule has 0 aliphatic carbocycles. The Labute approximate surface area is 191 Å². The normalized spacial score (nSPS) is 14.0. The molecule has 1 amide bonds. The Hall–Kier alpha value is -3.44. The summed E-state index contributed by atoms with van der Waals surface area (Å²) in [5.74, 6) is 1.65. The number of rotatable bonds is 5. The van der Waals surface area contributed by atoms with Gasteiger partial charge in [-0.25, -0.2) is 0 Å². The number of nitrogens with zero attached hydrogens (tertiary/aromatic N) is 2. The lowest BCUT2D eigenvalue weighted by Gasteiger charge is -2.35. The monoisotopic (exact) mass is 446 g/mol. The number of fused-ring (bicyclic) bond motifs is 1. The number of piperazine rings is 1. The molecule has 5 rings (SSSR count). The molecule has 2 heterocycles. The largest absolute Gasteiger partial charge is 0.486 e. The molecule has 0 radical (unpaired) electrons. The number of carbonyl (C=O) groups is 1. The first kappa shape index (κ1) is 20.5. The molecular weight excluding hydrogens is 424 g/mol. The summed E-state index contributed by atoms with van der Waals surface area (Å²) in [6.45, 7) is 3.05. The second-order valence-electron chi connectivity index (χ2n) is 7.82. The van der Waals surface area contributed by atoms with Gasteiger partial charge in [-0.15, -0.1) is 0 Å². The molecule has 1 aliphatic heterocycles. The van der Waals surface area contributed by atoms with Gasteiger partial charge >= 0.3 is 0 Å². The van der Waals surface area contributed by atoms with Crippen LogP contribution in [0, 0.1) is 0 Å². The molecule has 0 atom stereocenters. The Kier molecular flexibility index (Phi) is 5.73. The van der Waals surface area contributed by atoms with E-state index in [9.17, 15) is 4.79 Å². The van der Waals surface area contributed by atoms with Crippen LogP contribution in [0.3, 0.4) is 0 Å². The minimum absolute atomic E-state index is 0.0901. The van der Waals surface area contributed by atoms with Crippen LogP contribution in [-0.2, 0) is 6.61 Å². The number of amides is 1. The van der Waals surface area contributed by atoms with Crippen molar-refractivity contribution in [3.63, 3.8) is 0 Å². The number of furan rings is 1. The second-order valence-corrected chi connectivity index (χ2v) is 8.26. The van der Waals surface area contributed by atoms with Gasteiger partial charge in [-0.2, -0.15) is 0 Å². The summed E-state index contributed by atoms with van der Waals surface area (Å²) in [6, 6.07) is 25.4. The first-order valence-electron chi connectivity index (χ1n) is 10.7. The molecule has 0 spiro atoms. The van der Waals surface area contributed by atoms with Crippen LogP contribution in [0.5, 0.6) is 5.75 Å². The fourth-order valence-corrected chi connectivity index (χ4v) is 4.16. The van der Waals surface area contributed by atoms with Crippen molar-refractivity contribution in [1.82, 2.24) is 4.90 Å². The second kappa shape index (κ2) is 8.97. The number of ether oxygens (including phenoxy) is 1. The van der Waals surface area contributed by atoms with E-state index in [2.05, 4.69) is 17.0 Å². The number of hydrogen-bond acceptors (Lipinski definition) is 4. The molecule has 0 saturated carbocycles. The molecule has 6 heteroatoms. The van der Waals surface area contributed by atoms with Crippen molar-refractivity contribution >= 4 is 34.0 Å². The van der Waals surface area contributed by atoms with Crippen LogP contribution < -0.4 is 9.64 Å². The Bertz CT molecular complexity index is 1240. The van der Waals surface area contributed by atoms with E-state index < -0.39 is 0 Å². The fraction of sp³-hybridized carbons (Fsp3) is 0.192. The molecule has 1 saturated heterocycles. The Morgan fingerprint density at radius 2 is 1.69 bits per heavy atom. The molecule has 1 aliphatic rings. The van der Waals surface area contributed by atoms with Gasteiger partial charge in [-0.1, -0.05) is 48.0 Å². The van der Waals surface area contributed by atoms with Crippen LogP contribution in [0.1, 0.15) is 16.3 Å². The van der Waals surface area contributed by atoms with E-state index in [1.165, 1.54) is 5.39 Å². The zero-order valence-electron chi connectivity index (χ0n) is 17.5. The van der Waals surface area contributed by atoms with E-state index in [1.54, 1.807) is 12.1 Å². The highest BCUT2D eigenvalue weighted by molar-refractivity contribution is 6.30. The minimum Gasteiger partial charge on any atom is -0.486 e. The molecule has 4 aromatic rings. The number of halogens is 1. The Morgan fingerprint density at radius 1 is 0.875 bits per heavy atom. The van der Waals surface area contributed by atoms with E-state index in [0.29, 0.717) is 24.6 Å². The average molecular weight is 447 g/mol. The third-order valence-electron chi connectivity index (χ3n) is 5.71. The van der Waals surface area contributed by atoms with Crippen molar-refractivity contribution in [3.8, 4) is 5.75 Å². The van der Waals surface area contributed by atoms with Crippen molar-refractivity contribution < 1.29 is 13.9 Å². The lowest BCUT2D eigenvalue weighted by molar-refractivity contribution is 0.0710. The molecule has 32 heavy (non-hydrogen) atoms. The first-order chi connectivity index (χ1) is 15.7. The summed E-state index contributed by atoms with van der Waals surface area (Å²) >= 11 is 6.10. The van der Waals surface area contributed by atoms with Crippen LogP contribution >= 0.6 is 11.6 Å². The van der Waals surface area contributed by atoms with Crippen molar-refractivity contribution in [3.05, 3.63) is 95.4 Å². The summed E-state index contributed by atoms with van der Waals surface area (Å²) in [7, 11) is 0. The smallest absolute Gasteiger partial charge is 0.289 e. The lowest BCUT2D eigenvalue weighted by Crippen LogP contribution is -2.48. The zero-order chi connectivity index (χ0) is 21.9. The van der Waals surface area contributed by atoms with E-state index in [1.807, 2.05) is 59.5 Å². The Balaban J connectivity index is 1.17. The Morgan fingerprint density at radius 3 is 2.50 bits per heavy atom. The molecule has 0 bridgehead atoms. The maximum Gasteiger partial charge on any atom is 0.289 e. The third kappa shape index (κ3) is 4.43. The SMILES string of the molecule is O=C(c1ccc(COc2ccc3ccccc3c2)o1)N1CCN(c2cccc(Cl)c2)CC1. The van der Waals surface area contributed by atoms with Crippen molar-refractivity contribution in [2.75, 3.05) is 31.1 Å². The molecule has 0 unspecified atom stereocenters. The van der Waals surface area contributed by atoms with Gasteiger partial charge in [-0.05, 0) is 53.2 Å². The van der Waals surface area contributed by atoms with E-state index in [4.69, 9.17) is 20.8 Å². The van der Waals surface area contributed by atoms with Gasteiger partial charge in [0.05, 0.1) is 0 Å². The predicted octanol–water partition coefficient (Wildman–Crippen LogP) is 5.63. The zero-order valence-corrected chi connectivity index (χ0v) is 18.3. The van der Waals surface area contributed by atoms with Crippen LogP contribution in [0.2, 0.25) is 5.02 Å². The lowest BCUT2D eigenvalue weighted by atomic mass is 10.1. The fourth-order valence-electron chi connectivity index (χ4n) is 3.98. The molecule has 5 nitrogen and oxygen atoms in total. The van der Waals surface area contributed by atoms with Gasteiger partial charge < -0.3 is 19.0 Å². The van der Waals surface area contributed by atoms with E-state index >= 15 is 0 Å². The molecule has 1 fully saturated rings. The topological polar surface area (TPSA) is 45.9 Å². The quantitative estimate of drug-likeness (QED) is 0.398. The third-order valence-corrected chi connectivity index (χ3v) is 5.95. The maximum atomic E-state index is 12.9. The molecular formula is C26H23ClN2O3. The maximum absolute atomic E-state index is 12.9. The molecule has 162 valence electrons. The van der Waals surface area contributed by atoms with Crippen LogP contribution in [0.15, 0.2) is 83.3 Å². The van der Waals surface area contributed by atoms with Gasteiger partial charge in [0, 0.05) is 36.9 Å². The van der Waals surface area contributed by atoms with Gasteiger partial charge in [0.2, 0.25) is 0 Å². The summed E-state index contributed by atoms with van der Waals surface area (Å²) in [6.07, 6.45) is 0. The first-order valence-corrected chi connectivity index (χ1v) is 11.0. The van der Waals surface area contributed by atoms with E-state index in [-0.39, 0.29) is 12.5 Å². The molecule has 1 aromatic heterocycles. The number of hydrogen-bond donors (Lipinski definition) is 0. The van der Waals surface area contributed by atoms with Crippen LogP contribution in [-0.4, -0.2) is 37.0 Å². The van der Waals surface area contributed by atoms with Crippen LogP contribution in [0.25, 0.3) is 10.8 Å². The van der Waals surface area contributed by atoms with Crippen LogP contribution in [0.4, 0.5) is 5.69 Å². The highest BCUT2D eigenvalue weighted by Gasteiger charge is 2.24. The van der Waals surface area contributed by atoms with Crippen molar-refractivity contribution in [2.24, 2.45) is 0 Å². The van der Waals surface area contributed by atoms with Crippen molar-refractivity contribution in [1.29, 1.82) is 0 Å². The van der Waals surface area contributed by atoms with Gasteiger partial charge in [0.1, 0.15) is 18.1 Å². The molecule has 3 aromatic carbocycles. The summed E-state index contributed by atoms with van der Waals surface area (Å²) in [5.41, 5.74) is 1.08. The summed E-state index contributed by atoms with van der Waals surface area (Å²) < 4.78 is 11.7. The number of benzene rings is 3. The average Bonchev–Trinajstić information content (AvgIpc) is 3.31. The predicted molar refractivity (Wildman–Crippen MR) is 127 cm³/mol. The molecule has 0 N–H and O–H groups in total. The number of anilines is 1.